The van der Waals surface area contributed by atoms with Gasteiger partial charge in [0, 0.05) is 93.0 Å². The number of anilines is 2. The third-order valence-electron chi connectivity index (χ3n) is 9.30. The van der Waals surface area contributed by atoms with E-state index < -0.39 is 5.97 Å². The number of aromatic nitrogens is 6. The molecule has 2 fully saturated rings. The molecule has 2 aliphatic heterocycles. The molecule has 0 bridgehead atoms. The van der Waals surface area contributed by atoms with E-state index in [1.807, 2.05) is 47.5 Å². The number of hydrogen-bond acceptors (Lipinski definition) is 11. The number of hydrogen-bond donors (Lipinski definition) is 4. The Morgan fingerprint density at radius 2 is 1.10 bits per heavy atom. The van der Waals surface area contributed by atoms with Gasteiger partial charge in [0.15, 0.2) is 0 Å². The van der Waals surface area contributed by atoms with Crippen LogP contribution in [0.2, 0.25) is 0 Å². The van der Waals surface area contributed by atoms with E-state index in [1.54, 1.807) is 36.5 Å². The van der Waals surface area contributed by atoms with Gasteiger partial charge >= 0.3 is 5.97 Å². The molecule has 2 saturated heterocycles. The monoisotopic (exact) mass is 936 g/mol. The summed E-state index contributed by atoms with van der Waals surface area (Å²) in [6, 6.07) is 22.2. The van der Waals surface area contributed by atoms with E-state index in [9.17, 15) is 19.2 Å². The summed E-state index contributed by atoms with van der Waals surface area (Å²) in [7, 11) is 0. The number of rotatable bonds is 8. The molecule has 304 valence electrons. The van der Waals surface area contributed by atoms with E-state index in [4.69, 9.17) is 5.11 Å². The van der Waals surface area contributed by atoms with Crippen molar-refractivity contribution in [2.75, 3.05) is 62.2 Å². The number of aromatic amines is 2. The molecule has 4 aromatic heterocycles. The van der Waals surface area contributed by atoms with Crippen LogP contribution in [0.3, 0.4) is 0 Å². The molecular weight excluding hydrogens is 896 g/mol. The average Bonchev–Trinajstić information content (AvgIpc) is 3.23. The lowest BCUT2D eigenvalue weighted by Gasteiger charge is -2.35. The Morgan fingerprint density at radius 1 is 0.638 bits per heavy atom. The van der Waals surface area contributed by atoms with Gasteiger partial charge in [-0.1, -0.05) is 24.3 Å². The number of carbonyl (C=O) groups is 2. The molecule has 18 heteroatoms. The lowest BCUT2D eigenvalue weighted by atomic mass is 10.2. The molecule has 58 heavy (non-hydrogen) atoms. The van der Waals surface area contributed by atoms with Crippen LogP contribution in [-0.4, -0.2) is 104 Å². The maximum absolute atomic E-state index is 12.6. The number of carboxylic acids is 1. The van der Waals surface area contributed by atoms with Gasteiger partial charge in [-0.15, -0.1) is 12.4 Å². The average molecular weight is 939 g/mol. The second-order valence-electron chi connectivity index (χ2n) is 13.2. The molecule has 0 spiro atoms. The number of halogens is 3. The lowest BCUT2D eigenvalue weighted by Crippen LogP contribution is -2.49. The summed E-state index contributed by atoms with van der Waals surface area (Å²) in [5, 5.41) is 12.9. The third kappa shape index (κ3) is 12.4. The number of benzene rings is 2. The van der Waals surface area contributed by atoms with Gasteiger partial charge < -0.3 is 35.1 Å². The number of amides is 1. The number of nitrogens with zero attached hydrogens (tertiary/aromatic N) is 7. The molecule has 6 aromatic rings. The Bertz CT molecular complexity index is 2400. The van der Waals surface area contributed by atoms with Crippen molar-refractivity contribution >= 4 is 89.6 Å². The topological polar surface area (TPSA) is 193 Å². The van der Waals surface area contributed by atoms with Crippen molar-refractivity contribution in [3.8, 4) is 0 Å². The third-order valence-corrected chi connectivity index (χ3v) is 10.2. The number of aliphatic carboxylic acids is 1. The Labute approximate surface area is 357 Å². The predicted molar refractivity (Wildman–Crippen MR) is 234 cm³/mol. The molecule has 0 atom stereocenters. The van der Waals surface area contributed by atoms with Crippen molar-refractivity contribution in [2.45, 2.75) is 25.7 Å². The number of H-pyrrole nitrogens is 2. The summed E-state index contributed by atoms with van der Waals surface area (Å²) in [5.41, 5.74) is 0.852. The summed E-state index contributed by atoms with van der Waals surface area (Å²) in [5.74, 6) is 2.13. The number of piperazine rings is 2. The van der Waals surface area contributed by atoms with Gasteiger partial charge in [-0.3, -0.25) is 19.2 Å². The zero-order valence-electron chi connectivity index (χ0n) is 31.4. The smallest absolute Gasteiger partial charge is 0.303 e. The number of para-hydroxylation sites is 2. The molecule has 0 unspecified atom stereocenters. The molecule has 1 amide bonds. The van der Waals surface area contributed by atoms with Gasteiger partial charge in [-0.05, 0) is 80.4 Å². The molecule has 15 nitrogen and oxygen atoms in total. The fourth-order valence-electron chi connectivity index (χ4n) is 6.30. The molecule has 6 heterocycles. The zero-order valence-corrected chi connectivity index (χ0v) is 35.4. The number of carboxylic acid groups (broad SMARTS) is 1. The van der Waals surface area contributed by atoms with E-state index in [2.05, 4.69) is 82.9 Å². The highest BCUT2D eigenvalue weighted by molar-refractivity contribution is 9.10. The fourth-order valence-corrected chi connectivity index (χ4v) is 6.77. The number of pyridine rings is 2. The molecular formula is C40H43Br2ClN10O5. The molecule has 8 rings (SSSR count). The highest BCUT2D eigenvalue weighted by Crippen LogP contribution is 2.18. The first-order valence-corrected chi connectivity index (χ1v) is 20.1. The summed E-state index contributed by atoms with van der Waals surface area (Å²) in [4.78, 5) is 75.8. The first-order valence-electron chi connectivity index (χ1n) is 18.5. The quantitative estimate of drug-likeness (QED) is 0.160. The standard InChI is InChI=1S/C20H20BrN5O2.C11H10N2O3.C9H12BrN3.ClH/c21-14-5-7-18(22-13-14)25-9-11-26(12-10-25)19(27)8-6-17-23-16-4-2-1-3-15(16)20(28)24-17;14-10(15)6-5-9-12-8-4-2-1-3-7(8)11(16)13-9;10-8-1-2-9(12-7-8)13-5-3-11-4-6-13;/h1-5,7,13H,6,8-12H2,(H,23,24,28);1-4H,5-6H2,(H,14,15)(H,12,13,16);1-2,7,11H,3-6H2;1H. The summed E-state index contributed by atoms with van der Waals surface area (Å²) in [6.07, 6.45) is 4.57. The maximum Gasteiger partial charge on any atom is 0.303 e. The summed E-state index contributed by atoms with van der Waals surface area (Å²) in [6.45, 7) is 7.05. The predicted octanol–water partition coefficient (Wildman–Crippen LogP) is 4.98. The van der Waals surface area contributed by atoms with Gasteiger partial charge in [0.25, 0.3) is 11.1 Å². The van der Waals surface area contributed by atoms with E-state index in [0.717, 1.165) is 59.8 Å². The van der Waals surface area contributed by atoms with Crippen LogP contribution in [0.25, 0.3) is 21.8 Å². The van der Waals surface area contributed by atoms with Crippen LogP contribution in [0.4, 0.5) is 11.6 Å². The van der Waals surface area contributed by atoms with Gasteiger partial charge in [0.1, 0.15) is 23.3 Å². The highest BCUT2D eigenvalue weighted by atomic mass is 79.9. The zero-order chi connectivity index (χ0) is 40.1. The van der Waals surface area contributed by atoms with Crippen LogP contribution in [0.1, 0.15) is 24.5 Å². The van der Waals surface area contributed by atoms with Crippen LogP contribution in [0, 0.1) is 0 Å². The minimum atomic E-state index is -0.907. The van der Waals surface area contributed by atoms with Gasteiger partial charge in [-0.2, -0.15) is 0 Å². The summed E-state index contributed by atoms with van der Waals surface area (Å²) < 4.78 is 1.98. The van der Waals surface area contributed by atoms with E-state index in [-0.39, 0.29) is 42.3 Å². The van der Waals surface area contributed by atoms with Crippen molar-refractivity contribution in [3.63, 3.8) is 0 Å². The Hall–Kier alpha value is -5.23. The number of aryl methyl sites for hydroxylation is 2. The van der Waals surface area contributed by atoms with Crippen LogP contribution in [0.5, 0.6) is 0 Å². The van der Waals surface area contributed by atoms with E-state index in [1.165, 1.54) is 0 Å². The Kier molecular flexibility index (Phi) is 16.3. The van der Waals surface area contributed by atoms with Crippen molar-refractivity contribution in [3.05, 3.63) is 126 Å². The normalized spacial score (nSPS) is 13.8. The minimum Gasteiger partial charge on any atom is -0.481 e. The number of fused-ring (bicyclic) bond motifs is 2. The number of nitrogens with one attached hydrogen (secondary N) is 3. The van der Waals surface area contributed by atoms with Crippen molar-refractivity contribution in [1.29, 1.82) is 0 Å². The van der Waals surface area contributed by atoms with Crippen molar-refractivity contribution in [1.82, 2.24) is 40.1 Å². The summed E-state index contributed by atoms with van der Waals surface area (Å²) >= 11 is 6.77. The molecule has 2 aliphatic rings. The molecule has 0 saturated carbocycles. The number of carbonyl (C=O) groups excluding carboxylic acids is 1. The highest BCUT2D eigenvalue weighted by Gasteiger charge is 2.22. The van der Waals surface area contributed by atoms with Crippen LogP contribution < -0.4 is 26.2 Å². The maximum atomic E-state index is 12.6. The van der Waals surface area contributed by atoms with Crippen LogP contribution in [-0.2, 0) is 22.4 Å². The Morgan fingerprint density at radius 3 is 1.57 bits per heavy atom. The molecule has 0 radical (unpaired) electrons. The molecule has 0 aliphatic carbocycles. The minimum absolute atomic E-state index is 0. The first-order chi connectivity index (χ1) is 27.6. The fraction of sp³-hybridized carbons (Fsp3) is 0.300. The first kappa shape index (κ1) is 43.9. The molecule has 2 aromatic carbocycles. The largest absolute Gasteiger partial charge is 0.481 e. The second kappa shape index (κ2) is 21.5. The van der Waals surface area contributed by atoms with Gasteiger partial charge in [0.05, 0.1) is 28.2 Å². The second-order valence-corrected chi connectivity index (χ2v) is 15.1. The van der Waals surface area contributed by atoms with Crippen LogP contribution in [0.15, 0.2) is 104 Å². The van der Waals surface area contributed by atoms with Crippen molar-refractivity contribution < 1.29 is 14.7 Å². The SMILES string of the molecule is Brc1ccc(N2CCNCC2)nc1.Cl.O=C(CCc1nc2ccccc2c(=O)[nH]1)N1CCN(c2ccc(Br)cn2)CC1.O=C(O)CCc1nc2ccccc2c(=O)[nH]1. The Balaban J connectivity index is 0.000000181. The van der Waals surface area contributed by atoms with E-state index >= 15 is 0 Å². The van der Waals surface area contributed by atoms with Crippen LogP contribution >= 0.6 is 44.3 Å². The molecule has 4 N–H and O–H groups in total. The van der Waals surface area contributed by atoms with Crippen molar-refractivity contribution in [2.24, 2.45) is 0 Å². The van der Waals surface area contributed by atoms with Gasteiger partial charge in [-0.25, -0.2) is 19.9 Å². The van der Waals surface area contributed by atoms with Gasteiger partial charge in [0.2, 0.25) is 5.91 Å². The van der Waals surface area contributed by atoms with E-state index in [0.29, 0.717) is 59.4 Å². The lowest BCUT2D eigenvalue weighted by molar-refractivity contribution is -0.137.